The van der Waals surface area contributed by atoms with Gasteiger partial charge in [0.2, 0.25) is 0 Å². The highest BCUT2D eigenvalue weighted by atomic mass is 19.1. The summed E-state index contributed by atoms with van der Waals surface area (Å²) in [5, 5.41) is 0. The molecule has 0 unspecified atom stereocenters. The van der Waals surface area contributed by atoms with Gasteiger partial charge in [-0.25, -0.2) is 4.39 Å². The molecule has 6 heteroatoms. The summed E-state index contributed by atoms with van der Waals surface area (Å²) in [4.78, 5) is 13.8. The third-order valence-electron chi connectivity index (χ3n) is 4.03. The minimum absolute atomic E-state index is 0.0467. The maximum atomic E-state index is 12.8. The zero-order valence-corrected chi connectivity index (χ0v) is 12.8. The van der Waals surface area contributed by atoms with Gasteiger partial charge in [0.25, 0.3) is 5.91 Å². The number of halogens is 1. The van der Waals surface area contributed by atoms with Crippen LogP contribution in [0.15, 0.2) is 24.3 Å². The zero-order chi connectivity index (χ0) is 15.8. The highest BCUT2D eigenvalue weighted by Crippen LogP contribution is 2.37. The average molecular weight is 309 g/mol. The second-order valence-corrected chi connectivity index (χ2v) is 6.47. The Morgan fingerprint density at radius 1 is 1.23 bits per heavy atom. The average Bonchev–Trinajstić information content (AvgIpc) is 2.44. The Kier molecular flexibility index (Phi) is 3.82. The molecule has 2 aliphatic heterocycles. The van der Waals surface area contributed by atoms with Gasteiger partial charge in [0, 0.05) is 13.1 Å². The summed E-state index contributed by atoms with van der Waals surface area (Å²) in [5.41, 5.74) is -0.0823. The third kappa shape index (κ3) is 3.23. The Bertz CT molecular complexity index is 540. The maximum absolute atomic E-state index is 12.8. The molecule has 0 atom stereocenters. The Labute approximate surface area is 128 Å². The first kappa shape index (κ1) is 15.2. The van der Waals surface area contributed by atoms with E-state index in [1.807, 2.05) is 13.8 Å². The Balaban J connectivity index is 1.45. The summed E-state index contributed by atoms with van der Waals surface area (Å²) in [5.74, 6) is -0.471. The van der Waals surface area contributed by atoms with Crippen molar-refractivity contribution in [3.63, 3.8) is 0 Å². The first-order valence-corrected chi connectivity index (χ1v) is 7.32. The van der Waals surface area contributed by atoms with Gasteiger partial charge < -0.3 is 19.1 Å². The predicted molar refractivity (Wildman–Crippen MR) is 76.9 cm³/mol. The molecule has 1 amide bonds. The molecule has 5 nitrogen and oxygen atoms in total. The van der Waals surface area contributed by atoms with Crippen LogP contribution < -0.4 is 4.74 Å². The minimum Gasteiger partial charge on any atom is -0.484 e. The van der Waals surface area contributed by atoms with Crippen LogP contribution in [-0.2, 0) is 14.3 Å². The van der Waals surface area contributed by atoms with Crippen molar-refractivity contribution in [1.29, 1.82) is 0 Å². The summed E-state index contributed by atoms with van der Waals surface area (Å²) >= 11 is 0. The molecule has 0 aromatic heterocycles. The lowest BCUT2D eigenvalue weighted by Crippen LogP contribution is -2.66. The van der Waals surface area contributed by atoms with Crippen molar-refractivity contribution in [3.8, 4) is 5.75 Å². The molecule has 0 saturated carbocycles. The van der Waals surface area contributed by atoms with Crippen molar-refractivity contribution in [2.45, 2.75) is 19.6 Å². The molecule has 0 aliphatic carbocycles. The van der Waals surface area contributed by atoms with E-state index in [1.54, 1.807) is 4.90 Å². The van der Waals surface area contributed by atoms with E-state index in [2.05, 4.69) is 0 Å². The smallest absolute Gasteiger partial charge is 0.260 e. The normalized spacial score (nSPS) is 22.2. The first-order chi connectivity index (χ1) is 10.4. The van der Waals surface area contributed by atoms with Gasteiger partial charge >= 0.3 is 0 Å². The number of benzene rings is 1. The first-order valence-electron chi connectivity index (χ1n) is 7.32. The Hall–Kier alpha value is -1.66. The summed E-state index contributed by atoms with van der Waals surface area (Å²) in [6.07, 6.45) is 0. The van der Waals surface area contributed by atoms with Crippen molar-refractivity contribution in [2.24, 2.45) is 5.41 Å². The number of carbonyl (C=O) groups is 1. The van der Waals surface area contributed by atoms with Gasteiger partial charge in [0.05, 0.1) is 18.6 Å². The van der Waals surface area contributed by atoms with Crippen molar-refractivity contribution in [1.82, 2.24) is 4.90 Å². The molecule has 1 aromatic rings. The minimum atomic E-state index is -0.540. The van der Waals surface area contributed by atoms with Crippen LogP contribution >= 0.6 is 0 Å². The molecular weight excluding hydrogens is 289 g/mol. The number of ether oxygens (including phenoxy) is 3. The van der Waals surface area contributed by atoms with E-state index in [0.717, 1.165) is 0 Å². The van der Waals surface area contributed by atoms with Crippen LogP contribution in [0.1, 0.15) is 13.8 Å². The predicted octanol–water partition coefficient (Wildman–Crippen LogP) is 1.82. The molecule has 1 aromatic carbocycles. The van der Waals surface area contributed by atoms with Gasteiger partial charge in [-0.1, -0.05) is 0 Å². The van der Waals surface area contributed by atoms with E-state index < -0.39 is 5.79 Å². The van der Waals surface area contributed by atoms with Crippen LogP contribution in [0.4, 0.5) is 4.39 Å². The summed E-state index contributed by atoms with van der Waals surface area (Å²) in [7, 11) is 0. The maximum Gasteiger partial charge on any atom is 0.260 e. The molecule has 0 radical (unpaired) electrons. The van der Waals surface area contributed by atoms with E-state index in [-0.39, 0.29) is 23.7 Å². The van der Waals surface area contributed by atoms with Crippen LogP contribution in [0.3, 0.4) is 0 Å². The van der Waals surface area contributed by atoms with Gasteiger partial charge in [-0.05, 0) is 38.1 Å². The van der Waals surface area contributed by atoms with Gasteiger partial charge in [-0.3, -0.25) is 4.79 Å². The van der Waals surface area contributed by atoms with E-state index in [4.69, 9.17) is 14.2 Å². The highest BCUT2D eigenvalue weighted by Gasteiger charge is 2.50. The van der Waals surface area contributed by atoms with Crippen molar-refractivity contribution >= 4 is 5.91 Å². The lowest BCUT2D eigenvalue weighted by Gasteiger charge is -2.53. The quantitative estimate of drug-likeness (QED) is 0.854. The molecule has 22 heavy (non-hydrogen) atoms. The summed E-state index contributed by atoms with van der Waals surface area (Å²) < 4.78 is 29.5. The molecule has 0 N–H and O–H groups in total. The van der Waals surface area contributed by atoms with Crippen LogP contribution in [0, 0.1) is 11.2 Å². The monoisotopic (exact) mass is 309 g/mol. The fraction of sp³-hybridized carbons (Fsp3) is 0.562. The second-order valence-electron chi connectivity index (χ2n) is 6.47. The van der Waals surface area contributed by atoms with Crippen molar-refractivity contribution in [2.75, 3.05) is 32.9 Å². The highest BCUT2D eigenvalue weighted by molar-refractivity contribution is 5.78. The number of rotatable bonds is 3. The number of hydrogen-bond acceptors (Lipinski definition) is 4. The lowest BCUT2D eigenvalue weighted by molar-refractivity contribution is -0.303. The second kappa shape index (κ2) is 5.52. The Morgan fingerprint density at radius 3 is 2.41 bits per heavy atom. The largest absolute Gasteiger partial charge is 0.484 e. The van der Waals surface area contributed by atoms with Crippen LogP contribution in [-0.4, -0.2) is 49.5 Å². The molecule has 3 rings (SSSR count). The molecule has 1 spiro atoms. The van der Waals surface area contributed by atoms with E-state index >= 15 is 0 Å². The fourth-order valence-electron chi connectivity index (χ4n) is 2.63. The van der Waals surface area contributed by atoms with Gasteiger partial charge in [-0.2, -0.15) is 0 Å². The van der Waals surface area contributed by atoms with Crippen LogP contribution in [0.5, 0.6) is 5.75 Å². The zero-order valence-electron chi connectivity index (χ0n) is 12.8. The Morgan fingerprint density at radius 2 is 1.82 bits per heavy atom. The standard InChI is InChI=1S/C16H20FNO4/c1-15(2)21-10-16(11-22-15)8-18(9-16)14(19)7-20-13-5-3-12(17)4-6-13/h3-6H,7-11H2,1-2H3. The molecule has 2 saturated heterocycles. The molecular formula is C16H20FNO4. The molecule has 2 aliphatic rings. The van der Waals surface area contributed by atoms with E-state index in [1.165, 1.54) is 24.3 Å². The van der Waals surface area contributed by atoms with Gasteiger partial charge in [-0.15, -0.1) is 0 Å². The molecule has 0 bridgehead atoms. The number of likely N-dealkylation sites (tertiary alicyclic amines) is 1. The molecule has 120 valence electrons. The van der Waals surface area contributed by atoms with Crippen LogP contribution in [0.2, 0.25) is 0 Å². The number of nitrogens with zero attached hydrogens (tertiary/aromatic N) is 1. The van der Waals surface area contributed by atoms with Gasteiger partial charge in [0.1, 0.15) is 11.6 Å². The van der Waals surface area contributed by atoms with Crippen LogP contribution in [0.25, 0.3) is 0 Å². The topological polar surface area (TPSA) is 48.0 Å². The van der Waals surface area contributed by atoms with E-state index in [0.29, 0.717) is 32.1 Å². The van der Waals surface area contributed by atoms with E-state index in [9.17, 15) is 9.18 Å². The molecule has 2 fully saturated rings. The lowest BCUT2D eigenvalue weighted by atomic mass is 9.80. The number of amides is 1. The summed E-state index contributed by atoms with van der Waals surface area (Å²) in [6, 6.07) is 5.62. The van der Waals surface area contributed by atoms with Crippen molar-refractivity contribution in [3.05, 3.63) is 30.1 Å². The SMILES string of the molecule is CC1(C)OCC2(CO1)CN(C(=O)COc1ccc(F)cc1)C2. The van der Waals surface area contributed by atoms with Crippen molar-refractivity contribution < 1.29 is 23.4 Å². The molecule has 2 heterocycles. The fourth-order valence-corrected chi connectivity index (χ4v) is 2.63. The number of hydrogen-bond donors (Lipinski definition) is 0. The summed E-state index contributed by atoms with van der Waals surface area (Å²) in [6.45, 7) is 6.17. The van der Waals surface area contributed by atoms with Gasteiger partial charge in [0.15, 0.2) is 12.4 Å². The third-order valence-corrected chi connectivity index (χ3v) is 4.03. The number of carbonyl (C=O) groups excluding carboxylic acids is 1.